The number of H-pyrrole nitrogens is 1. The van der Waals surface area contributed by atoms with Crippen LogP contribution >= 0.6 is 81.4 Å². The number of hydrogen-bond acceptors (Lipinski definition) is 5. The van der Waals surface area contributed by atoms with Gasteiger partial charge in [0.2, 0.25) is 5.91 Å². The first-order valence-electron chi connectivity index (χ1n) is 18.0. The van der Waals surface area contributed by atoms with E-state index in [4.69, 9.17) is 69.6 Å². The summed E-state index contributed by atoms with van der Waals surface area (Å²) in [5, 5.41) is 12.0. The number of halogens is 6. The molecular formula is C39H45Cl6N5O3S. The van der Waals surface area contributed by atoms with E-state index in [9.17, 15) is 14.4 Å². The highest BCUT2D eigenvalue weighted by Crippen LogP contribution is 2.46. The molecule has 3 aromatic carbocycles. The summed E-state index contributed by atoms with van der Waals surface area (Å²) in [6.07, 6.45) is 12.0. The van der Waals surface area contributed by atoms with Crippen molar-refractivity contribution in [2.75, 3.05) is 17.2 Å². The van der Waals surface area contributed by atoms with E-state index < -0.39 is 11.0 Å². The van der Waals surface area contributed by atoms with Crippen LogP contribution in [0, 0.1) is 5.41 Å². The molecular weight excluding hydrogens is 831 g/mol. The van der Waals surface area contributed by atoms with E-state index in [1.54, 1.807) is 63.2 Å². The van der Waals surface area contributed by atoms with Crippen LogP contribution in [-0.2, 0) is 4.79 Å². The number of rotatable bonds is 18. The molecule has 0 radical (unpaired) electrons. The van der Waals surface area contributed by atoms with Crippen LogP contribution in [0.4, 0.5) is 17.2 Å². The molecule has 15 heteroatoms. The molecule has 2 amide bonds. The monoisotopic (exact) mass is 873 g/mol. The molecule has 8 nitrogen and oxygen atoms in total. The highest BCUT2D eigenvalue weighted by Gasteiger charge is 2.27. The van der Waals surface area contributed by atoms with Crippen molar-refractivity contribution in [1.29, 1.82) is 0 Å². The second-order valence-electron chi connectivity index (χ2n) is 13.9. The second kappa shape index (κ2) is 20.6. The van der Waals surface area contributed by atoms with Crippen molar-refractivity contribution in [3.05, 3.63) is 88.5 Å². The normalized spacial score (nSPS) is 11.5. The van der Waals surface area contributed by atoms with Gasteiger partial charge < -0.3 is 16.0 Å². The zero-order valence-electron chi connectivity index (χ0n) is 30.7. The minimum Gasteiger partial charge on any atom is -0.352 e. The molecule has 0 aliphatic heterocycles. The molecule has 292 valence electrons. The molecule has 54 heavy (non-hydrogen) atoms. The lowest BCUT2D eigenvalue weighted by Crippen LogP contribution is -2.27. The topological polar surface area (TPSA) is 108 Å². The zero-order chi connectivity index (χ0) is 39.6. The maximum absolute atomic E-state index is 14.3. The van der Waals surface area contributed by atoms with Gasteiger partial charge in [0, 0.05) is 22.5 Å². The summed E-state index contributed by atoms with van der Waals surface area (Å²) in [5.41, 5.74) is -0.0278. The van der Waals surface area contributed by atoms with E-state index in [-0.39, 0.29) is 53.3 Å². The molecule has 0 unspecified atom stereocenters. The first-order valence-corrected chi connectivity index (χ1v) is 21.0. The van der Waals surface area contributed by atoms with Gasteiger partial charge in [-0.3, -0.25) is 19.5 Å². The zero-order valence-corrected chi connectivity index (χ0v) is 36.0. The lowest BCUT2D eigenvalue weighted by atomic mass is 9.95. The summed E-state index contributed by atoms with van der Waals surface area (Å²) < 4.78 is 1.09. The van der Waals surface area contributed by atoms with Gasteiger partial charge in [-0.25, -0.2) is 4.68 Å². The van der Waals surface area contributed by atoms with Crippen LogP contribution in [-0.4, -0.2) is 28.1 Å². The summed E-state index contributed by atoms with van der Waals surface area (Å²) in [6.45, 7) is 8.17. The highest BCUT2D eigenvalue weighted by molar-refractivity contribution is 7.99. The van der Waals surface area contributed by atoms with E-state index >= 15 is 0 Å². The molecule has 1 aromatic heterocycles. The fourth-order valence-electron chi connectivity index (χ4n) is 5.46. The van der Waals surface area contributed by atoms with Gasteiger partial charge in [0.05, 0.1) is 41.4 Å². The van der Waals surface area contributed by atoms with Crippen molar-refractivity contribution < 1.29 is 9.59 Å². The lowest BCUT2D eigenvalue weighted by molar-refractivity contribution is -0.123. The number of hydrogen-bond donors (Lipinski definition) is 4. The van der Waals surface area contributed by atoms with Crippen LogP contribution in [0.15, 0.2) is 57.1 Å². The fourth-order valence-corrected chi connectivity index (χ4v) is 7.94. The van der Waals surface area contributed by atoms with Gasteiger partial charge in [-0.2, -0.15) is 0 Å². The van der Waals surface area contributed by atoms with Crippen LogP contribution in [0.3, 0.4) is 0 Å². The first-order chi connectivity index (χ1) is 25.6. The molecule has 4 aromatic rings. The van der Waals surface area contributed by atoms with Gasteiger partial charge in [0.15, 0.2) is 0 Å². The molecule has 1 heterocycles. The third kappa shape index (κ3) is 11.5. The number of benzene rings is 3. The minimum absolute atomic E-state index is 0.0301. The Kier molecular flexibility index (Phi) is 16.9. The molecule has 0 bridgehead atoms. The van der Waals surface area contributed by atoms with E-state index in [1.807, 2.05) is 0 Å². The highest BCUT2D eigenvalue weighted by atomic mass is 35.5. The van der Waals surface area contributed by atoms with Crippen molar-refractivity contribution in [3.63, 3.8) is 0 Å². The molecule has 4 rings (SSSR count). The van der Waals surface area contributed by atoms with Gasteiger partial charge in [-0.1, -0.05) is 179 Å². The number of amides is 2. The van der Waals surface area contributed by atoms with Crippen LogP contribution < -0.4 is 21.5 Å². The Labute approximate surface area is 351 Å². The molecule has 0 fully saturated rings. The van der Waals surface area contributed by atoms with Crippen molar-refractivity contribution in [2.45, 2.75) is 102 Å². The molecule has 4 N–H and O–H groups in total. The van der Waals surface area contributed by atoms with Gasteiger partial charge in [-0.05, 0) is 36.8 Å². The van der Waals surface area contributed by atoms with E-state index in [2.05, 4.69) is 28.0 Å². The Hall–Kier alpha value is -2.50. The van der Waals surface area contributed by atoms with Gasteiger partial charge >= 0.3 is 0 Å². The molecule has 0 saturated carbocycles. The SMILES string of the molecule is CCCCCCCCCCCCNC(=O)c1ccccc1Sc1c(Nc2cc(NC(=O)C(C)(C)C)ccc2Cl)[nH]n(-c2c(Cl)c(Cl)c(Cl)c(Cl)c2Cl)c1=O. The van der Waals surface area contributed by atoms with E-state index in [1.165, 1.54) is 44.9 Å². The Morgan fingerprint density at radius 1 is 0.778 bits per heavy atom. The smallest absolute Gasteiger partial charge is 0.287 e. The molecule has 0 aliphatic rings. The number of carbonyl (C=O) groups excluding carboxylic acids is 2. The minimum atomic E-state index is -0.647. The van der Waals surface area contributed by atoms with Gasteiger partial charge in [0.25, 0.3) is 11.5 Å². The summed E-state index contributed by atoms with van der Waals surface area (Å²) in [7, 11) is 0. The Balaban J connectivity index is 1.62. The summed E-state index contributed by atoms with van der Waals surface area (Å²) in [4.78, 5) is 41.2. The Bertz CT molecular complexity index is 1980. The average molecular weight is 877 g/mol. The van der Waals surface area contributed by atoms with Crippen LogP contribution in [0.25, 0.3) is 5.69 Å². The number of aromatic amines is 1. The largest absolute Gasteiger partial charge is 0.352 e. The number of anilines is 3. The quantitative estimate of drug-likeness (QED) is 0.0452. The van der Waals surface area contributed by atoms with Crippen molar-refractivity contribution in [2.24, 2.45) is 5.41 Å². The number of unbranched alkanes of at least 4 members (excludes halogenated alkanes) is 9. The number of nitrogens with one attached hydrogen (secondary N) is 4. The number of nitrogens with zero attached hydrogens (tertiary/aromatic N) is 1. The summed E-state index contributed by atoms with van der Waals surface area (Å²) >= 11 is 39.9. The Morgan fingerprint density at radius 2 is 1.35 bits per heavy atom. The van der Waals surface area contributed by atoms with Gasteiger partial charge in [0.1, 0.15) is 16.4 Å². The predicted octanol–water partition coefficient (Wildman–Crippen LogP) is 13.6. The van der Waals surface area contributed by atoms with Crippen molar-refractivity contribution in [1.82, 2.24) is 15.1 Å². The standard InChI is InChI=1S/C39H45Cl6N5O3S/c1-5-6-7-8-9-10-11-12-13-16-21-46-36(51)24-17-14-15-18-27(24)54-34-35(48-26-22-23(19-20-25(26)40)47-38(53)39(2,3)4)49-50(37(34)52)33-31(44)29(42)28(41)30(43)32(33)45/h14-15,17-20,22,48-49H,5-13,16,21H2,1-4H3,(H,46,51)(H,47,53). The maximum Gasteiger partial charge on any atom is 0.287 e. The van der Waals surface area contributed by atoms with Crippen molar-refractivity contribution in [3.8, 4) is 5.69 Å². The molecule has 0 spiro atoms. The lowest BCUT2D eigenvalue weighted by Gasteiger charge is -2.18. The van der Waals surface area contributed by atoms with Crippen LogP contribution in [0.2, 0.25) is 30.1 Å². The average Bonchev–Trinajstić information content (AvgIpc) is 3.43. The molecule has 0 saturated heterocycles. The van der Waals surface area contributed by atoms with Gasteiger partial charge in [-0.15, -0.1) is 0 Å². The molecule has 0 atom stereocenters. The van der Waals surface area contributed by atoms with E-state index in [0.717, 1.165) is 35.7 Å². The maximum atomic E-state index is 14.3. The van der Waals surface area contributed by atoms with Crippen molar-refractivity contribution >= 4 is 110 Å². The summed E-state index contributed by atoms with van der Waals surface area (Å²) in [6, 6.07) is 11.9. The van der Waals surface area contributed by atoms with Crippen LogP contribution in [0.1, 0.15) is 102 Å². The summed E-state index contributed by atoms with van der Waals surface area (Å²) in [5.74, 6) is -0.274. The van der Waals surface area contributed by atoms with E-state index in [0.29, 0.717) is 33.4 Å². The van der Waals surface area contributed by atoms with Crippen LogP contribution in [0.5, 0.6) is 0 Å². The predicted molar refractivity (Wildman–Crippen MR) is 229 cm³/mol. The third-order valence-electron chi connectivity index (χ3n) is 8.58. The number of carbonyl (C=O) groups is 2. The number of aromatic nitrogens is 2. The first kappa shape index (κ1) is 44.2. The second-order valence-corrected chi connectivity index (χ2v) is 17.3. The Morgan fingerprint density at radius 3 is 1.96 bits per heavy atom. The fraction of sp³-hybridized carbons (Fsp3) is 0.410. The third-order valence-corrected chi connectivity index (χ3v) is 12.3. The molecule has 0 aliphatic carbocycles.